The molecule has 0 aromatic carbocycles. The molecule has 0 radical (unpaired) electrons. The number of rotatable bonds is 4. The molecule has 14 heavy (non-hydrogen) atoms. The summed E-state index contributed by atoms with van der Waals surface area (Å²) in [5, 5.41) is 0. The average molecular weight is 197 g/mol. The number of carbonyl (C=O) groups is 1. The van der Waals surface area contributed by atoms with Gasteiger partial charge in [0.1, 0.15) is 0 Å². The number of aromatic nitrogens is 1. The van der Waals surface area contributed by atoms with Crippen LogP contribution in [0.5, 0.6) is 11.5 Å². The Morgan fingerprint density at radius 3 is 2.93 bits per heavy atom. The number of nitrogens with zero attached hydrogens (tertiary/aromatic N) is 1. The van der Waals surface area contributed by atoms with E-state index in [1.165, 1.54) is 20.2 Å². The van der Waals surface area contributed by atoms with E-state index < -0.39 is 5.97 Å². The SMILES string of the molecule is COc1ccncc1OCOC(C)=O. The third-order valence-electron chi connectivity index (χ3n) is 1.44. The highest BCUT2D eigenvalue weighted by Crippen LogP contribution is 2.24. The maximum Gasteiger partial charge on any atom is 0.305 e. The monoisotopic (exact) mass is 197 g/mol. The fraction of sp³-hybridized carbons (Fsp3) is 0.333. The van der Waals surface area contributed by atoms with Gasteiger partial charge in [0.15, 0.2) is 11.5 Å². The Morgan fingerprint density at radius 1 is 1.50 bits per heavy atom. The molecule has 0 spiro atoms. The summed E-state index contributed by atoms with van der Waals surface area (Å²) in [6.45, 7) is 1.17. The predicted molar refractivity (Wildman–Crippen MR) is 48.1 cm³/mol. The Kier molecular flexibility index (Phi) is 3.72. The van der Waals surface area contributed by atoms with Crippen LogP contribution in [0, 0.1) is 0 Å². The van der Waals surface area contributed by atoms with E-state index in [0.717, 1.165) is 0 Å². The van der Waals surface area contributed by atoms with Crippen LogP contribution in [-0.4, -0.2) is 24.9 Å². The second kappa shape index (κ2) is 5.06. The molecular weight excluding hydrogens is 186 g/mol. The minimum absolute atomic E-state index is 0.141. The lowest BCUT2D eigenvalue weighted by Gasteiger charge is -2.08. The number of hydrogen-bond acceptors (Lipinski definition) is 5. The Hall–Kier alpha value is -1.78. The first-order chi connectivity index (χ1) is 6.74. The van der Waals surface area contributed by atoms with Crippen LogP contribution >= 0.6 is 0 Å². The molecule has 0 saturated carbocycles. The molecule has 0 fully saturated rings. The van der Waals surface area contributed by atoms with Crippen LogP contribution in [-0.2, 0) is 9.53 Å². The highest BCUT2D eigenvalue weighted by molar-refractivity contribution is 5.65. The van der Waals surface area contributed by atoms with Gasteiger partial charge >= 0.3 is 5.97 Å². The second-order valence-corrected chi connectivity index (χ2v) is 2.42. The van der Waals surface area contributed by atoms with E-state index in [9.17, 15) is 4.79 Å². The highest BCUT2D eigenvalue weighted by Gasteiger charge is 2.03. The molecular formula is C9H11NO4. The summed E-state index contributed by atoms with van der Waals surface area (Å²) in [6, 6.07) is 1.66. The highest BCUT2D eigenvalue weighted by atomic mass is 16.7. The summed E-state index contributed by atoms with van der Waals surface area (Å²) in [7, 11) is 1.52. The number of hydrogen-bond donors (Lipinski definition) is 0. The van der Waals surface area contributed by atoms with Crippen molar-refractivity contribution < 1.29 is 19.0 Å². The molecule has 0 bridgehead atoms. The largest absolute Gasteiger partial charge is 0.493 e. The van der Waals surface area contributed by atoms with Crippen molar-refractivity contribution in [1.29, 1.82) is 0 Å². The Bertz CT molecular complexity index is 313. The molecule has 1 rings (SSSR count). The van der Waals surface area contributed by atoms with Gasteiger partial charge < -0.3 is 14.2 Å². The van der Waals surface area contributed by atoms with E-state index in [1.54, 1.807) is 12.3 Å². The molecule has 76 valence electrons. The summed E-state index contributed by atoms with van der Waals surface area (Å²) in [4.78, 5) is 14.3. The summed E-state index contributed by atoms with van der Waals surface area (Å²) in [5.41, 5.74) is 0. The maximum absolute atomic E-state index is 10.4. The zero-order chi connectivity index (χ0) is 10.4. The van der Waals surface area contributed by atoms with Gasteiger partial charge in [-0.1, -0.05) is 0 Å². The lowest BCUT2D eigenvalue weighted by atomic mass is 10.4. The topological polar surface area (TPSA) is 57.6 Å². The number of carbonyl (C=O) groups excluding carboxylic acids is 1. The van der Waals surface area contributed by atoms with Gasteiger partial charge in [-0.15, -0.1) is 0 Å². The molecule has 1 aromatic rings. The van der Waals surface area contributed by atoms with Crippen molar-refractivity contribution in [2.75, 3.05) is 13.9 Å². The summed E-state index contributed by atoms with van der Waals surface area (Å²) < 4.78 is 14.7. The van der Waals surface area contributed by atoms with Crippen molar-refractivity contribution in [1.82, 2.24) is 4.98 Å². The third-order valence-corrected chi connectivity index (χ3v) is 1.44. The smallest absolute Gasteiger partial charge is 0.305 e. The first-order valence-corrected chi connectivity index (χ1v) is 3.98. The molecule has 5 heteroatoms. The van der Waals surface area contributed by atoms with Gasteiger partial charge in [-0.3, -0.25) is 9.78 Å². The zero-order valence-electron chi connectivity index (χ0n) is 8.02. The number of methoxy groups -OCH3 is 1. The quantitative estimate of drug-likeness (QED) is 0.532. The summed E-state index contributed by atoms with van der Waals surface area (Å²) >= 11 is 0. The molecule has 0 atom stereocenters. The third kappa shape index (κ3) is 2.93. The van der Waals surface area contributed by atoms with Gasteiger partial charge in [0.25, 0.3) is 0 Å². The molecule has 5 nitrogen and oxygen atoms in total. The molecule has 0 amide bonds. The zero-order valence-corrected chi connectivity index (χ0v) is 8.02. The van der Waals surface area contributed by atoms with Crippen LogP contribution in [0.2, 0.25) is 0 Å². The van der Waals surface area contributed by atoms with Crippen LogP contribution in [0.15, 0.2) is 18.5 Å². The fourth-order valence-corrected chi connectivity index (χ4v) is 0.820. The maximum atomic E-state index is 10.4. The molecule has 1 aromatic heterocycles. The number of ether oxygens (including phenoxy) is 3. The van der Waals surface area contributed by atoms with E-state index in [0.29, 0.717) is 11.5 Å². The summed E-state index contributed by atoms with van der Waals surface area (Å²) in [6.07, 6.45) is 3.07. The van der Waals surface area contributed by atoms with E-state index in [-0.39, 0.29) is 6.79 Å². The van der Waals surface area contributed by atoms with Crippen LogP contribution < -0.4 is 9.47 Å². The second-order valence-electron chi connectivity index (χ2n) is 2.42. The minimum atomic E-state index is -0.396. The van der Waals surface area contributed by atoms with E-state index >= 15 is 0 Å². The van der Waals surface area contributed by atoms with Crippen molar-refractivity contribution in [2.24, 2.45) is 0 Å². The van der Waals surface area contributed by atoms with Gasteiger partial charge in [0, 0.05) is 19.2 Å². The van der Waals surface area contributed by atoms with Crippen LogP contribution in [0.25, 0.3) is 0 Å². The van der Waals surface area contributed by atoms with E-state index in [1.807, 2.05) is 0 Å². The van der Waals surface area contributed by atoms with E-state index in [2.05, 4.69) is 9.72 Å². The Balaban J connectivity index is 2.53. The van der Waals surface area contributed by atoms with Gasteiger partial charge in [0.05, 0.1) is 13.3 Å². The fourth-order valence-electron chi connectivity index (χ4n) is 0.820. The molecule has 0 unspecified atom stereocenters. The average Bonchev–Trinajstić information content (AvgIpc) is 2.18. The van der Waals surface area contributed by atoms with Crippen molar-refractivity contribution >= 4 is 5.97 Å². The first-order valence-electron chi connectivity index (χ1n) is 3.98. The predicted octanol–water partition coefficient (Wildman–Crippen LogP) is 0.990. The molecule has 0 saturated heterocycles. The number of pyridine rings is 1. The molecule has 0 aliphatic rings. The van der Waals surface area contributed by atoms with Gasteiger partial charge in [-0.2, -0.15) is 0 Å². The molecule has 0 N–H and O–H groups in total. The van der Waals surface area contributed by atoms with E-state index in [4.69, 9.17) is 9.47 Å². The first kappa shape index (κ1) is 10.3. The van der Waals surface area contributed by atoms with Gasteiger partial charge in [0.2, 0.25) is 6.79 Å². The molecule has 1 heterocycles. The van der Waals surface area contributed by atoms with Crippen LogP contribution in [0.1, 0.15) is 6.92 Å². The normalized spacial score (nSPS) is 9.29. The van der Waals surface area contributed by atoms with Crippen molar-refractivity contribution in [3.05, 3.63) is 18.5 Å². The van der Waals surface area contributed by atoms with Crippen molar-refractivity contribution in [3.63, 3.8) is 0 Å². The van der Waals surface area contributed by atoms with Crippen LogP contribution in [0.3, 0.4) is 0 Å². The Morgan fingerprint density at radius 2 is 2.29 bits per heavy atom. The van der Waals surface area contributed by atoms with Crippen molar-refractivity contribution in [3.8, 4) is 11.5 Å². The van der Waals surface area contributed by atoms with Gasteiger partial charge in [-0.25, -0.2) is 0 Å². The minimum Gasteiger partial charge on any atom is -0.493 e. The lowest BCUT2D eigenvalue weighted by molar-refractivity contribution is -0.147. The Labute approximate surface area is 81.6 Å². The standard InChI is InChI=1S/C9H11NO4/c1-7(11)13-6-14-9-5-10-4-3-8(9)12-2/h3-5H,6H2,1-2H3. The lowest BCUT2D eigenvalue weighted by Crippen LogP contribution is -2.07. The number of esters is 1. The summed E-state index contributed by atoms with van der Waals surface area (Å²) in [5.74, 6) is 0.594. The van der Waals surface area contributed by atoms with Gasteiger partial charge in [-0.05, 0) is 0 Å². The van der Waals surface area contributed by atoms with Crippen LogP contribution in [0.4, 0.5) is 0 Å². The molecule has 0 aliphatic carbocycles. The van der Waals surface area contributed by atoms with Crippen molar-refractivity contribution in [2.45, 2.75) is 6.92 Å². The molecule has 0 aliphatic heterocycles.